The topological polar surface area (TPSA) is 71.3 Å². The maximum atomic E-state index is 12.5. The zero-order chi connectivity index (χ0) is 20.0. The molecule has 0 aromatic heterocycles. The van der Waals surface area contributed by atoms with Gasteiger partial charge in [0, 0.05) is 0 Å². The summed E-state index contributed by atoms with van der Waals surface area (Å²) in [6, 6.07) is 10.1. The van der Waals surface area contributed by atoms with E-state index in [2.05, 4.69) is 21.2 Å². The number of hydrogen-bond acceptors (Lipinski definition) is 4. The Labute approximate surface area is 175 Å². The van der Waals surface area contributed by atoms with Crippen molar-refractivity contribution in [3.8, 4) is 17.6 Å². The molecule has 0 spiro atoms. The van der Waals surface area contributed by atoms with E-state index >= 15 is 0 Å². The van der Waals surface area contributed by atoms with E-state index in [1.54, 1.807) is 30.3 Å². The van der Waals surface area contributed by atoms with Crippen LogP contribution in [0.5, 0.6) is 11.5 Å². The number of nitrogens with one attached hydrogen (secondary N) is 1. The minimum Gasteiger partial charge on any atom is -0.493 e. The van der Waals surface area contributed by atoms with Crippen LogP contribution >= 0.6 is 39.1 Å². The molecule has 1 amide bonds. The lowest BCUT2D eigenvalue weighted by molar-refractivity contribution is -0.112. The average molecular weight is 470 g/mol. The molecule has 0 bridgehead atoms. The average Bonchev–Trinajstić information content (AvgIpc) is 2.64. The van der Waals surface area contributed by atoms with Gasteiger partial charge in [0.2, 0.25) is 0 Å². The lowest BCUT2D eigenvalue weighted by Gasteiger charge is -2.12. The lowest BCUT2D eigenvalue weighted by atomic mass is 10.1. The Morgan fingerprint density at radius 2 is 2.00 bits per heavy atom. The number of amides is 1. The van der Waals surface area contributed by atoms with Crippen molar-refractivity contribution in [1.82, 2.24) is 0 Å². The molecule has 0 saturated heterocycles. The zero-order valence-electron chi connectivity index (χ0n) is 14.5. The molecule has 2 aromatic carbocycles. The van der Waals surface area contributed by atoms with Gasteiger partial charge in [0.1, 0.15) is 11.6 Å². The first-order chi connectivity index (χ1) is 12.9. The Morgan fingerprint density at radius 3 is 2.56 bits per heavy atom. The van der Waals surface area contributed by atoms with Gasteiger partial charge in [-0.3, -0.25) is 4.79 Å². The fraction of sp³-hybridized carbons (Fsp3) is 0.158. The van der Waals surface area contributed by atoms with Crippen LogP contribution in [0.4, 0.5) is 5.69 Å². The molecule has 0 radical (unpaired) electrons. The second-order valence-corrected chi connectivity index (χ2v) is 6.86. The molecule has 2 aromatic rings. The van der Waals surface area contributed by atoms with E-state index in [4.69, 9.17) is 32.7 Å². The fourth-order valence-electron chi connectivity index (χ4n) is 2.22. The first kappa shape index (κ1) is 21.1. The highest BCUT2D eigenvalue weighted by Crippen LogP contribution is 2.37. The van der Waals surface area contributed by atoms with Crippen LogP contribution in [0.15, 0.2) is 40.4 Å². The van der Waals surface area contributed by atoms with Gasteiger partial charge in [0.05, 0.1) is 33.9 Å². The van der Waals surface area contributed by atoms with Crippen molar-refractivity contribution in [1.29, 1.82) is 5.26 Å². The summed E-state index contributed by atoms with van der Waals surface area (Å²) in [5, 5.41) is 12.5. The van der Waals surface area contributed by atoms with E-state index < -0.39 is 5.91 Å². The highest BCUT2D eigenvalue weighted by molar-refractivity contribution is 9.10. The van der Waals surface area contributed by atoms with Gasteiger partial charge in [-0.2, -0.15) is 5.26 Å². The van der Waals surface area contributed by atoms with E-state index in [9.17, 15) is 10.1 Å². The summed E-state index contributed by atoms with van der Waals surface area (Å²) in [7, 11) is 1.51. The largest absolute Gasteiger partial charge is 0.493 e. The number of carbonyl (C=O) groups is 1. The first-order valence-corrected chi connectivity index (χ1v) is 9.33. The number of benzene rings is 2. The number of anilines is 1. The Hall–Kier alpha value is -2.20. The van der Waals surface area contributed by atoms with Gasteiger partial charge in [-0.15, -0.1) is 0 Å². The van der Waals surface area contributed by atoms with E-state index in [0.29, 0.717) is 28.1 Å². The molecule has 27 heavy (non-hydrogen) atoms. The van der Waals surface area contributed by atoms with Crippen LogP contribution in [-0.2, 0) is 4.79 Å². The number of nitrogens with zero attached hydrogens (tertiary/aromatic N) is 1. The quantitative estimate of drug-likeness (QED) is 0.434. The third kappa shape index (κ3) is 5.16. The number of para-hydroxylation sites is 1. The van der Waals surface area contributed by atoms with Crippen molar-refractivity contribution in [2.45, 2.75) is 6.92 Å². The summed E-state index contributed by atoms with van der Waals surface area (Å²) in [4.78, 5) is 12.5. The number of halogens is 3. The molecule has 0 aliphatic rings. The summed E-state index contributed by atoms with van der Waals surface area (Å²) in [6.45, 7) is 2.33. The van der Waals surface area contributed by atoms with Crippen molar-refractivity contribution in [2.75, 3.05) is 19.0 Å². The van der Waals surface area contributed by atoms with Crippen LogP contribution < -0.4 is 14.8 Å². The monoisotopic (exact) mass is 468 g/mol. The van der Waals surface area contributed by atoms with Gasteiger partial charge in [0.25, 0.3) is 5.91 Å². The molecule has 0 aliphatic heterocycles. The van der Waals surface area contributed by atoms with Crippen LogP contribution in [-0.4, -0.2) is 19.6 Å². The standard InChI is InChI=1S/C19H15BrCl2N2O3/c1-3-27-18-13(20)8-11(9-16(18)26-2)7-12(10-23)19(25)24-17-14(21)5-4-6-15(17)22/h4-9H,3H2,1-2H3,(H,24,25)/b12-7+. The van der Waals surface area contributed by atoms with Gasteiger partial charge < -0.3 is 14.8 Å². The predicted octanol–water partition coefficient (Wildman–Crippen LogP) is 5.71. The summed E-state index contributed by atoms with van der Waals surface area (Å²) < 4.78 is 11.5. The fourth-order valence-corrected chi connectivity index (χ4v) is 3.29. The van der Waals surface area contributed by atoms with Gasteiger partial charge in [0.15, 0.2) is 11.5 Å². The van der Waals surface area contributed by atoms with Gasteiger partial charge >= 0.3 is 0 Å². The van der Waals surface area contributed by atoms with E-state index in [-0.39, 0.29) is 21.3 Å². The minimum absolute atomic E-state index is 0.121. The van der Waals surface area contributed by atoms with E-state index in [1.165, 1.54) is 13.2 Å². The molecule has 1 N–H and O–H groups in total. The molecule has 5 nitrogen and oxygen atoms in total. The summed E-state index contributed by atoms with van der Waals surface area (Å²) in [5.74, 6) is 0.392. The van der Waals surface area contributed by atoms with Gasteiger partial charge in [-0.25, -0.2) is 0 Å². The molecule has 8 heteroatoms. The number of nitriles is 1. The van der Waals surface area contributed by atoms with Gasteiger partial charge in [-0.1, -0.05) is 29.3 Å². The van der Waals surface area contributed by atoms with Crippen molar-refractivity contribution >= 4 is 56.8 Å². The number of hydrogen-bond donors (Lipinski definition) is 1. The number of methoxy groups -OCH3 is 1. The number of rotatable bonds is 6. The van der Waals surface area contributed by atoms with Crippen molar-refractivity contribution in [3.05, 3.63) is 56.0 Å². The smallest absolute Gasteiger partial charge is 0.266 e. The molecule has 140 valence electrons. The molecule has 0 aliphatic carbocycles. The van der Waals surface area contributed by atoms with Crippen LogP contribution in [0.3, 0.4) is 0 Å². The Morgan fingerprint density at radius 1 is 1.33 bits per heavy atom. The maximum Gasteiger partial charge on any atom is 0.266 e. The summed E-state index contributed by atoms with van der Waals surface area (Å²) in [5.41, 5.74) is 0.709. The number of carbonyl (C=O) groups excluding carboxylic acids is 1. The minimum atomic E-state index is -0.628. The second kappa shape index (κ2) is 9.65. The molecule has 0 atom stereocenters. The Balaban J connectivity index is 2.37. The molecular formula is C19H15BrCl2N2O3. The molecule has 0 saturated carbocycles. The molecule has 0 heterocycles. The SMILES string of the molecule is CCOc1c(Br)cc(/C=C(\C#N)C(=O)Nc2c(Cl)cccc2Cl)cc1OC. The van der Waals surface area contributed by atoms with Crippen molar-refractivity contribution < 1.29 is 14.3 Å². The molecule has 0 fully saturated rings. The zero-order valence-corrected chi connectivity index (χ0v) is 17.6. The summed E-state index contributed by atoms with van der Waals surface area (Å²) in [6.07, 6.45) is 1.43. The first-order valence-electron chi connectivity index (χ1n) is 7.78. The Bertz CT molecular complexity index is 919. The lowest BCUT2D eigenvalue weighted by Crippen LogP contribution is -2.14. The van der Waals surface area contributed by atoms with Crippen molar-refractivity contribution in [3.63, 3.8) is 0 Å². The molecule has 0 unspecified atom stereocenters. The molecular weight excluding hydrogens is 455 g/mol. The van der Waals surface area contributed by atoms with Crippen LogP contribution in [0.1, 0.15) is 12.5 Å². The highest BCUT2D eigenvalue weighted by Gasteiger charge is 2.15. The summed E-state index contributed by atoms with van der Waals surface area (Å²) >= 11 is 15.5. The van der Waals surface area contributed by atoms with Crippen LogP contribution in [0.2, 0.25) is 10.0 Å². The predicted molar refractivity (Wildman–Crippen MR) is 111 cm³/mol. The van der Waals surface area contributed by atoms with Crippen LogP contribution in [0, 0.1) is 11.3 Å². The highest BCUT2D eigenvalue weighted by atomic mass is 79.9. The van der Waals surface area contributed by atoms with E-state index in [1.807, 2.05) is 13.0 Å². The Kier molecular flexibility index (Phi) is 7.55. The third-order valence-electron chi connectivity index (χ3n) is 3.42. The van der Waals surface area contributed by atoms with Gasteiger partial charge in [-0.05, 0) is 58.8 Å². The third-order valence-corrected chi connectivity index (χ3v) is 4.64. The second-order valence-electron chi connectivity index (χ2n) is 5.19. The normalized spacial score (nSPS) is 10.9. The molecule has 2 rings (SSSR count). The van der Waals surface area contributed by atoms with Crippen LogP contribution in [0.25, 0.3) is 6.08 Å². The number of ether oxygens (including phenoxy) is 2. The van der Waals surface area contributed by atoms with Crippen molar-refractivity contribution in [2.24, 2.45) is 0 Å². The van der Waals surface area contributed by atoms with E-state index in [0.717, 1.165) is 0 Å². The maximum absolute atomic E-state index is 12.5.